The standard InChI is InChI=1S/C15H18FNO4S/c16-11-4-2-1-3-10(11)9-22-8-7-17-14(18)12-5-6-13(21-12)15(19)20/h1-4,12-13H,5-9H2,(H,17,18)(H,19,20)/t12-,13+/m0/s1. The number of carbonyl (C=O) groups is 2. The largest absolute Gasteiger partial charge is 0.479 e. The fourth-order valence-electron chi connectivity index (χ4n) is 2.17. The van der Waals surface area contributed by atoms with Crippen molar-refractivity contribution in [2.75, 3.05) is 12.3 Å². The number of thioether (sulfide) groups is 1. The average molecular weight is 327 g/mol. The van der Waals surface area contributed by atoms with Gasteiger partial charge in [0.1, 0.15) is 11.9 Å². The van der Waals surface area contributed by atoms with Crippen molar-refractivity contribution in [2.45, 2.75) is 30.8 Å². The van der Waals surface area contributed by atoms with E-state index in [9.17, 15) is 14.0 Å². The van der Waals surface area contributed by atoms with E-state index in [4.69, 9.17) is 9.84 Å². The van der Waals surface area contributed by atoms with Crippen LogP contribution in [0.15, 0.2) is 24.3 Å². The van der Waals surface area contributed by atoms with Gasteiger partial charge in [-0.1, -0.05) is 18.2 Å². The van der Waals surface area contributed by atoms with Gasteiger partial charge >= 0.3 is 5.97 Å². The van der Waals surface area contributed by atoms with Crippen molar-refractivity contribution in [3.05, 3.63) is 35.6 Å². The molecule has 1 aliphatic heterocycles. The number of ether oxygens (including phenoxy) is 1. The number of carboxylic acids is 1. The highest BCUT2D eigenvalue weighted by Gasteiger charge is 2.34. The Kier molecular flexibility index (Phi) is 6.21. The van der Waals surface area contributed by atoms with E-state index in [2.05, 4.69) is 5.32 Å². The zero-order valence-electron chi connectivity index (χ0n) is 12.0. The Labute approximate surface area is 132 Å². The predicted molar refractivity (Wildman–Crippen MR) is 81.1 cm³/mol. The molecule has 2 rings (SSSR count). The highest BCUT2D eigenvalue weighted by Crippen LogP contribution is 2.20. The normalized spacial score (nSPS) is 20.8. The van der Waals surface area contributed by atoms with Crippen molar-refractivity contribution in [1.29, 1.82) is 0 Å². The lowest BCUT2D eigenvalue weighted by molar-refractivity contribution is -0.151. The van der Waals surface area contributed by atoms with Crippen LogP contribution in [0, 0.1) is 5.82 Å². The van der Waals surface area contributed by atoms with Gasteiger partial charge in [0.05, 0.1) is 0 Å². The second-order valence-corrected chi connectivity index (χ2v) is 6.07. The zero-order chi connectivity index (χ0) is 15.9. The molecule has 0 saturated carbocycles. The molecule has 0 aliphatic carbocycles. The molecule has 2 N–H and O–H groups in total. The fourth-order valence-corrected chi connectivity index (χ4v) is 3.01. The third-order valence-corrected chi connectivity index (χ3v) is 4.36. The van der Waals surface area contributed by atoms with Crippen LogP contribution in [0.1, 0.15) is 18.4 Å². The van der Waals surface area contributed by atoms with E-state index in [0.717, 1.165) is 0 Å². The minimum absolute atomic E-state index is 0.224. The number of hydrogen-bond donors (Lipinski definition) is 2. The first-order valence-corrected chi connectivity index (χ1v) is 8.20. The SMILES string of the molecule is O=C(NCCSCc1ccccc1F)[C@@H]1CC[C@H](C(=O)O)O1. The van der Waals surface area contributed by atoms with Crippen LogP contribution >= 0.6 is 11.8 Å². The average Bonchev–Trinajstić information content (AvgIpc) is 2.98. The third-order valence-electron chi connectivity index (χ3n) is 3.35. The number of benzene rings is 1. The number of carboxylic acid groups (broad SMARTS) is 1. The van der Waals surface area contributed by atoms with Gasteiger partial charge in [0, 0.05) is 18.1 Å². The maximum absolute atomic E-state index is 13.4. The van der Waals surface area contributed by atoms with Crippen molar-refractivity contribution in [1.82, 2.24) is 5.32 Å². The summed E-state index contributed by atoms with van der Waals surface area (Å²) in [5.74, 6) is -0.345. The quantitative estimate of drug-likeness (QED) is 0.747. The number of hydrogen-bond acceptors (Lipinski definition) is 4. The van der Waals surface area contributed by atoms with E-state index in [-0.39, 0.29) is 11.7 Å². The van der Waals surface area contributed by atoms with E-state index < -0.39 is 18.2 Å². The van der Waals surface area contributed by atoms with Crippen LogP contribution in [0.2, 0.25) is 0 Å². The summed E-state index contributed by atoms with van der Waals surface area (Å²) in [5.41, 5.74) is 0.641. The Morgan fingerprint density at radius 1 is 1.32 bits per heavy atom. The second kappa shape index (κ2) is 8.14. The van der Waals surface area contributed by atoms with Crippen molar-refractivity contribution in [3.8, 4) is 0 Å². The van der Waals surface area contributed by atoms with Gasteiger partial charge in [0.15, 0.2) is 6.10 Å². The maximum Gasteiger partial charge on any atom is 0.332 e. The number of amides is 1. The lowest BCUT2D eigenvalue weighted by Crippen LogP contribution is -2.36. The Bertz CT molecular complexity index is 540. The first kappa shape index (κ1) is 16.8. The summed E-state index contributed by atoms with van der Waals surface area (Å²) >= 11 is 1.52. The van der Waals surface area contributed by atoms with Gasteiger partial charge in [-0.2, -0.15) is 11.8 Å². The topological polar surface area (TPSA) is 75.6 Å². The van der Waals surface area contributed by atoms with Crippen LogP contribution in [-0.4, -0.2) is 41.5 Å². The molecule has 0 unspecified atom stereocenters. The molecule has 1 heterocycles. The number of carbonyl (C=O) groups excluding carboxylic acids is 1. The van der Waals surface area contributed by atoms with Gasteiger partial charge < -0.3 is 15.2 Å². The van der Waals surface area contributed by atoms with Crippen LogP contribution in [-0.2, 0) is 20.1 Å². The van der Waals surface area contributed by atoms with Crippen LogP contribution < -0.4 is 5.32 Å². The van der Waals surface area contributed by atoms with Crippen LogP contribution in [0.4, 0.5) is 4.39 Å². The van der Waals surface area contributed by atoms with Crippen molar-refractivity contribution in [3.63, 3.8) is 0 Å². The minimum atomic E-state index is -1.03. The smallest absolute Gasteiger partial charge is 0.332 e. The molecular weight excluding hydrogens is 309 g/mol. The molecule has 1 aromatic rings. The van der Waals surface area contributed by atoms with Gasteiger partial charge in [-0.3, -0.25) is 4.79 Å². The van der Waals surface area contributed by atoms with Gasteiger partial charge in [-0.05, 0) is 24.5 Å². The van der Waals surface area contributed by atoms with Gasteiger partial charge in [0.25, 0.3) is 0 Å². The molecule has 7 heteroatoms. The predicted octanol–water partition coefficient (Wildman–Crippen LogP) is 1.81. The lowest BCUT2D eigenvalue weighted by Gasteiger charge is -2.11. The van der Waals surface area contributed by atoms with E-state index >= 15 is 0 Å². The molecule has 1 saturated heterocycles. The summed E-state index contributed by atoms with van der Waals surface area (Å²) in [6, 6.07) is 6.60. The van der Waals surface area contributed by atoms with E-state index in [1.807, 2.05) is 0 Å². The molecule has 1 fully saturated rings. The Morgan fingerprint density at radius 3 is 2.73 bits per heavy atom. The van der Waals surface area contributed by atoms with E-state index in [1.54, 1.807) is 18.2 Å². The highest BCUT2D eigenvalue weighted by molar-refractivity contribution is 7.98. The number of halogens is 1. The molecule has 22 heavy (non-hydrogen) atoms. The fraction of sp³-hybridized carbons (Fsp3) is 0.467. The Balaban J connectivity index is 1.62. The molecule has 2 atom stereocenters. The van der Waals surface area contributed by atoms with Crippen LogP contribution in [0.3, 0.4) is 0 Å². The molecule has 1 aliphatic rings. The number of aliphatic carboxylic acids is 1. The van der Waals surface area contributed by atoms with Crippen molar-refractivity contribution in [2.24, 2.45) is 0 Å². The summed E-state index contributed by atoms with van der Waals surface area (Å²) in [5, 5.41) is 11.5. The summed E-state index contributed by atoms with van der Waals surface area (Å²) < 4.78 is 18.5. The van der Waals surface area contributed by atoms with Gasteiger partial charge in [-0.15, -0.1) is 0 Å². The maximum atomic E-state index is 13.4. The van der Waals surface area contributed by atoms with Gasteiger partial charge in [0.2, 0.25) is 5.91 Å². The molecule has 0 bridgehead atoms. The molecule has 5 nitrogen and oxygen atoms in total. The molecule has 0 aromatic heterocycles. The second-order valence-electron chi connectivity index (χ2n) is 4.96. The Morgan fingerprint density at radius 2 is 2.05 bits per heavy atom. The van der Waals surface area contributed by atoms with E-state index in [0.29, 0.717) is 36.5 Å². The summed E-state index contributed by atoms with van der Waals surface area (Å²) in [4.78, 5) is 22.5. The third kappa shape index (κ3) is 4.71. The first-order valence-electron chi connectivity index (χ1n) is 7.05. The molecule has 1 aromatic carbocycles. The minimum Gasteiger partial charge on any atom is -0.479 e. The number of rotatable bonds is 7. The van der Waals surface area contributed by atoms with Crippen molar-refractivity contribution >= 4 is 23.6 Å². The summed E-state index contributed by atoms with van der Waals surface area (Å²) in [6.07, 6.45) is -0.787. The van der Waals surface area contributed by atoms with Crippen LogP contribution in [0.25, 0.3) is 0 Å². The van der Waals surface area contributed by atoms with Crippen LogP contribution in [0.5, 0.6) is 0 Å². The summed E-state index contributed by atoms with van der Waals surface area (Å²) in [7, 11) is 0. The van der Waals surface area contributed by atoms with E-state index in [1.165, 1.54) is 17.8 Å². The monoisotopic (exact) mass is 327 g/mol. The molecule has 0 radical (unpaired) electrons. The first-order chi connectivity index (χ1) is 10.6. The number of nitrogens with one attached hydrogen (secondary N) is 1. The molecule has 0 spiro atoms. The molecule has 120 valence electrons. The highest BCUT2D eigenvalue weighted by atomic mass is 32.2. The molecular formula is C15H18FNO4S. The zero-order valence-corrected chi connectivity index (χ0v) is 12.8. The van der Waals surface area contributed by atoms with Gasteiger partial charge in [-0.25, -0.2) is 9.18 Å². The van der Waals surface area contributed by atoms with Crippen molar-refractivity contribution < 1.29 is 23.8 Å². The molecule has 1 amide bonds. The lowest BCUT2D eigenvalue weighted by atomic mass is 10.2. The summed E-state index contributed by atoms with van der Waals surface area (Å²) in [6.45, 7) is 0.440. The Hall–Kier alpha value is -1.60.